The average molecular weight is 324 g/mol. The molecule has 3 heteroatoms. The van der Waals surface area contributed by atoms with Crippen LogP contribution in [0.25, 0.3) is 5.57 Å². The van der Waals surface area contributed by atoms with E-state index in [0.717, 1.165) is 15.7 Å². The van der Waals surface area contributed by atoms with Crippen LogP contribution >= 0.6 is 43.5 Å². The Morgan fingerprint density at radius 1 is 1.23 bits per heavy atom. The zero-order valence-corrected chi connectivity index (χ0v) is 10.9. The summed E-state index contributed by atoms with van der Waals surface area (Å²) in [7, 11) is 0. The van der Waals surface area contributed by atoms with Crippen LogP contribution in [0.1, 0.15) is 5.56 Å². The van der Waals surface area contributed by atoms with Gasteiger partial charge in [0.15, 0.2) is 0 Å². The Hall–Kier alpha value is 0.210. The number of benzene rings is 1. The molecule has 0 aliphatic rings. The number of rotatable bonds is 3. The molecule has 13 heavy (non-hydrogen) atoms. The largest absolute Gasteiger partial charge is 0.0883 e. The topological polar surface area (TPSA) is 0 Å². The fourth-order valence-corrected chi connectivity index (χ4v) is 2.08. The van der Waals surface area contributed by atoms with Crippen LogP contribution in [-0.4, -0.2) is 10.7 Å². The first-order valence-corrected chi connectivity index (χ1v) is 6.47. The van der Waals surface area contributed by atoms with Crippen LogP contribution in [0.4, 0.5) is 0 Å². The minimum atomic E-state index is 0.775. The second-order valence-electron chi connectivity index (χ2n) is 2.52. The predicted octanol–water partition coefficient (Wildman–Crippen LogP) is 4.51. The highest BCUT2D eigenvalue weighted by Crippen LogP contribution is 2.19. The monoisotopic (exact) mass is 322 g/mol. The van der Waals surface area contributed by atoms with Crippen LogP contribution in [0, 0.1) is 0 Å². The molecular formula is C10H9Br2Cl. The molecule has 0 radical (unpaired) electrons. The van der Waals surface area contributed by atoms with Gasteiger partial charge in [-0.1, -0.05) is 61.7 Å². The molecule has 1 aromatic carbocycles. The Bertz CT molecular complexity index is 290. The summed E-state index contributed by atoms with van der Waals surface area (Å²) in [5, 5.41) is 2.51. The third-order valence-electron chi connectivity index (χ3n) is 1.68. The fourth-order valence-electron chi connectivity index (χ4n) is 1.01. The fraction of sp³-hybridized carbons (Fsp3) is 0.200. The van der Waals surface area contributed by atoms with Crippen molar-refractivity contribution in [1.82, 2.24) is 0 Å². The third kappa shape index (κ3) is 3.45. The molecule has 0 saturated heterocycles. The lowest BCUT2D eigenvalue weighted by molar-refractivity contribution is 1.57. The van der Waals surface area contributed by atoms with E-state index in [1.807, 2.05) is 24.3 Å². The van der Waals surface area contributed by atoms with E-state index in [4.69, 9.17) is 11.6 Å². The normalized spacial score (nSPS) is 11.8. The molecule has 0 N–H and O–H groups in total. The Morgan fingerprint density at radius 2 is 1.85 bits per heavy atom. The van der Waals surface area contributed by atoms with E-state index in [2.05, 4.69) is 37.9 Å². The SMILES string of the molecule is Clc1ccc(C(=CCBr)CBr)cc1. The lowest BCUT2D eigenvalue weighted by atomic mass is 10.1. The number of hydrogen-bond acceptors (Lipinski definition) is 0. The van der Waals surface area contributed by atoms with Crippen LogP contribution in [0.5, 0.6) is 0 Å². The van der Waals surface area contributed by atoms with Crippen molar-refractivity contribution in [3.8, 4) is 0 Å². The number of halogens is 3. The molecule has 0 amide bonds. The summed E-state index contributed by atoms with van der Waals surface area (Å²) < 4.78 is 0. The van der Waals surface area contributed by atoms with E-state index in [1.54, 1.807) is 0 Å². The molecule has 0 spiro atoms. The molecule has 0 unspecified atom stereocenters. The highest BCUT2D eigenvalue weighted by molar-refractivity contribution is 9.09. The van der Waals surface area contributed by atoms with Crippen molar-refractivity contribution >= 4 is 49.0 Å². The van der Waals surface area contributed by atoms with Crippen LogP contribution in [0.3, 0.4) is 0 Å². The molecule has 0 atom stereocenters. The molecule has 0 saturated carbocycles. The third-order valence-corrected chi connectivity index (χ3v) is 2.86. The van der Waals surface area contributed by atoms with Gasteiger partial charge in [0, 0.05) is 15.7 Å². The summed E-state index contributed by atoms with van der Waals surface area (Å²) in [6.07, 6.45) is 2.14. The minimum absolute atomic E-state index is 0.775. The minimum Gasteiger partial charge on any atom is -0.0883 e. The Morgan fingerprint density at radius 3 is 2.31 bits per heavy atom. The van der Waals surface area contributed by atoms with Gasteiger partial charge in [-0.15, -0.1) is 0 Å². The molecule has 1 aromatic rings. The standard InChI is InChI=1S/C10H9Br2Cl/c11-6-5-9(7-12)8-1-3-10(13)4-2-8/h1-5H,6-7H2. The van der Waals surface area contributed by atoms with Crippen molar-refractivity contribution < 1.29 is 0 Å². The van der Waals surface area contributed by atoms with Crippen LogP contribution in [0.2, 0.25) is 5.02 Å². The highest BCUT2D eigenvalue weighted by atomic mass is 79.9. The summed E-state index contributed by atoms with van der Waals surface area (Å²) in [6.45, 7) is 0. The van der Waals surface area contributed by atoms with Gasteiger partial charge in [-0.2, -0.15) is 0 Å². The molecule has 70 valence electrons. The van der Waals surface area contributed by atoms with Crippen molar-refractivity contribution in [3.05, 3.63) is 40.9 Å². The van der Waals surface area contributed by atoms with Gasteiger partial charge < -0.3 is 0 Å². The Labute approximate surface area is 100 Å². The molecule has 1 rings (SSSR count). The molecule has 0 bridgehead atoms. The van der Waals surface area contributed by atoms with E-state index >= 15 is 0 Å². The summed E-state index contributed by atoms with van der Waals surface area (Å²) >= 11 is 12.6. The van der Waals surface area contributed by atoms with Crippen molar-refractivity contribution in [3.63, 3.8) is 0 Å². The van der Waals surface area contributed by atoms with E-state index in [1.165, 1.54) is 11.1 Å². The van der Waals surface area contributed by atoms with E-state index in [9.17, 15) is 0 Å². The van der Waals surface area contributed by atoms with E-state index in [0.29, 0.717) is 0 Å². The first kappa shape index (κ1) is 11.3. The Kier molecular flexibility index (Phi) is 5.07. The lowest BCUT2D eigenvalue weighted by Gasteiger charge is -2.03. The van der Waals surface area contributed by atoms with Gasteiger partial charge in [-0.25, -0.2) is 0 Å². The quantitative estimate of drug-likeness (QED) is 0.718. The number of hydrogen-bond donors (Lipinski definition) is 0. The molecular weight excluding hydrogens is 315 g/mol. The van der Waals surface area contributed by atoms with Crippen molar-refractivity contribution in [2.24, 2.45) is 0 Å². The van der Waals surface area contributed by atoms with Crippen molar-refractivity contribution in [2.45, 2.75) is 0 Å². The van der Waals surface area contributed by atoms with Gasteiger partial charge in [-0.3, -0.25) is 0 Å². The predicted molar refractivity (Wildman–Crippen MR) is 67.0 cm³/mol. The first-order valence-electron chi connectivity index (χ1n) is 3.85. The summed E-state index contributed by atoms with van der Waals surface area (Å²) in [6, 6.07) is 7.86. The van der Waals surface area contributed by atoms with Gasteiger partial charge in [0.2, 0.25) is 0 Å². The van der Waals surface area contributed by atoms with Gasteiger partial charge in [0.1, 0.15) is 0 Å². The van der Waals surface area contributed by atoms with Crippen LogP contribution in [0.15, 0.2) is 30.3 Å². The zero-order valence-electron chi connectivity index (χ0n) is 6.93. The lowest BCUT2D eigenvalue weighted by Crippen LogP contribution is -1.85. The van der Waals surface area contributed by atoms with E-state index in [-0.39, 0.29) is 0 Å². The molecule has 0 fully saturated rings. The second-order valence-corrected chi connectivity index (χ2v) is 4.17. The maximum atomic E-state index is 5.80. The molecule has 0 aliphatic heterocycles. The van der Waals surface area contributed by atoms with Crippen LogP contribution < -0.4 is 0 Å². The second kappa shape index (κ2) is 5.84. The van der Waals surface area contributed by atoms with Crippen molar-refractivity contribution in [2.75, 3.05) is 10.7 Å². The average Bonchev–Trinajstić information content (AvgIpc) is 2.16. The van der Waals surface area contributed by atoms with E-state index < -0.39 is 0 Å². The zero-order chi connectivity index (χ0) is 9.68. The molecule has 0 heterocycles. The van der Waals surface area contributed by atoms with Gasteiger partial charge in [0.05, 0.1) is 0 Å². The smallest absolute Gasteiger partial charge is 0.0406 e. The van der Waals surface area contributed by atoms with Gasteiger partial charge in [-0.05, 0) is 23.3 Å². The Balaban J connectivity index is 2.92. The van der Waals surface area contributed by atoms with Gasteiger partial charge >= 0.3 is 0 Å². The number of allylic oxidation sites excluding steroid dienone is 2. The molecule has 0 aliphatic carbocycles. The first-order chi connectivity index (χ1) is 6.27. The summed E-state index contributed by atoms with van der Waals surface area (Å²) in [4.78, 5) is 0. The summed E-state index contributed by atoms with van der Waals surface area (Å²) in [5.41, 5.74) is 2.48. The molecule has 0 aromatic heterocycles. The van der Waals surface area contributed by atoms with Crippen LogP contribution in [-0.2, 0) is 0 Å². The summed E-state index contributed by atoms with van der Waals surface area (Å²) in [5.74, 6) is 0. The maximum absolute atomic E-state index is 5.80. The maximum Gasteiger partial charge on any atom is 0.0406 e. The number of alkyl halides is 2. The molecule has 0 nitrogen and oxygen atoms in total. The van der Waals surface area contributed by atoms with Crippen molar-refractivity contribution in [1.29, 1.82) is 0 Å². The van der Waals surface area contributed by atoms with Gasteiger partial charge in [0.25, 0.3) is 0 Å². The highest BCUT2D eigenvalue weighted by Gasteiger charge is 1.98.